The van der Waals surface area contributed by atoms with Crippen LogP contribution in [0.5, 0.6) is 0 Å². The lowest BCUT2D eigenvalue weighted by Gasteiger charge is -1.98. The Balaban J connectivity index is 1.92. The normalized spacial score (nSPS) is 10.9. The Morgan fingerprint density at radius 2 is 1.80 bits per heavy atom. The van der Waals surface area contributed by atoms with Gasteiger partial charge in [-0.25, -0.2) is 8.78 Å². The number of nitrogens with two attached hydrogens (primary N) is 1. The number of hydrogen-bond donors (Lipinski definition) is 1. The maximum Gasteiger partial charge on any atom is 0.226 e. The zero-order chi connectivity index (χ0) is 14.4. The zero-order valence-corrected chi connectivity index (χ0v) is 11.1. The van der Waals surface area contributed by atoms with Crippen LogP contribution in [-0.2, 0) is 12.8 Å². The molecule has 0 atom stereocenters. The lowest BCUT2D eigenvalue weighted by Crippen LogP contribution is -1.98. The molecule has 1 heterocycles. The summed E-state index contributed by atoms with van der Waals surface area (Å²) in [6.45, 7) is 0.681. The molecule has 0 aliphatic rings. The molecule has 2 aromatic rings. The van der Waals surface area contributed by atoms with Crippen LogP contribution in [-0.4, -0.2) is 16.7 Å². The molecule has 0 radical (unpaired) electrons. The standard InChI is InChI=1S/C14H17F2N3O/c15-11-6-10(7-12(16)9-11)8-13-18-14(20-19-13)4-2-1-3-5-17/h6-7,9H,1-5,8,17H2. The van der Waals surface area contributed by atoms with Gasteiger partial charge in [0, 0.05) is 18.9 Å². The molecule has 0 saturated heterocycles. The van der Waals surface area contributed by atoms with E-state index >= 15 is 0 Å². The fraction of sp³-hybridized carbons (Fsp3) is 0.429. The van der Waals surface area contributed by atoms with E-state index in [1.807, 2.05) is 0 Å². The molecule has 0 bridgehead atoms. The minimum atomic E-state index is -0.606. The van der Waals surface area contributed by atoms with Crippen molar-refractivity contribution in [1.82, 2.24) is 10.1 Å². The van der Waals surface area contributed by atoms with Crippen molar-refractivity contribution in [3.05, 3.63) is 47.1 Å². The van der Waals surface area contributed by atoms with Crippen LogP contribution in [0.4, 0.5) is 8.78 Å². The number of aryl methyl sites for hydroxylation is 1. The highest BCUT2D eigenvalue weighted by molar-refractivity contribution is 5.21. The Bertz CT molecular complexity index is 537. The Hall–Kier alpha value is -1.82. The van der Waals surface area contributed by atoms with Gasteiger partial charge in [-0.2, -0.15) is 4.98 Å². The first kappa shape index (κ1) is 14.6. The molecule has 4 nitrogen and oxygen atoms in total. The summed E-state index contributed by atoms with van der Waals surface area (Å²) in [7, 11) is 0. The summed E-state index contributed by atoms with van der Waals surface area (Å²) in [6, 6.07) is 3.36. The van der Waals surface area contributed by atoms with Gasteiger partial charge in [-0.1, -0.05) is 11.6 Å². The van der Waals surface area contributed by atoms with Crippen molar-refractivity contribution in [2.45, 2.75) is 32.1 Å². The van der Waals surface area contributed by atoms with Crippen LogP contribution in [0.2, 0.25) is 0 Å². The van der Waals surface area contributed by atoms with Crippen LogP contribution >= 0.6 is 0 Å². The van der Waals surface area contributed by atoms with Crippen molar-refractivity contribution < 1.29 is 13.3 Å². The molecule has 0 aliphatic heterocycles. The molecule has 2 N–H and O–H groups in total. The Labute approximate surface area is 116 Å². The summed E-state index contributed by atoms with van der Waals surface area (Å²) >= 11 is 0. The maximum atomic E-state index is 13.1. The van der Waals surface area contributed by atoms with Crippen LogP contribution < -0.4 is 5.73 Å². The molecule has 20 heavy (non-hydrogen) atoms. The highest BCUT2D eigenvalue weighted by atomic mass is 19.1. The molecule has 1 aromatic carbocycles. The summed E-state index contributed by atoms with van der Waals surface area (Å²) in [5.41, 5.74) is 5.89. The SMILES string of the molecule is NCCCCCc1nc(Cc2cc(F)cc(F)c2)no1. The van der Waals surface area contributed by atoms with E-state index in [-0.39, 0.29) is 6.42 Å². The van der Waals surface area contributed by atoms with Gasteiger partial charge in [-0.15, -0.1) is 0 Å². The average Bonchev–Trinajstić information content (AvgIpc) is 2.81. The molecule has 6 heteroatoms. The molecule has 0 saturated carbocycles. The van der Waals surface area contributed by atoms with E-state index in [0.29, 0.717) is 30.2 Å². The first-order valence-corrected chi connectivity index (χ1v) is 6.64. The van der Waals surface area contributed by atoms with Gasteiger partial charge >= 0.3 is 0 Å². The minimum absolute atomic E-state index is 0.251. The highest BCUT2D eigenvalue weighted by Crippen LogP contribution is 2.12. The topological polar surface area (TPSA) is 64.9 Å². The minimum Gasteiger partial charge on any atom is -0.339 e. The molecule has 0 unspecified atom stereocenters. The van der Waals surface area contributed by atoms with Gasteiger partial charge in [-0.3, -0.25) is 0 Å². The highest BCUT2D eigenvalue weighted by Gasteiger charge is 2.08. The molecule has 0 fully saturated rings. The number of unbranched alkanes of at least 4 members (excludes halogenated alkanes) is 2. The second kappa shape index (κ2) is 7.09. The van der Waals surface area contributed by atoms with Gasteiger partial charge in [0.15, 0.2) is 5.82 Å². The number of nitrogens with zero attached hydrogens (tertiary/aromatic N) is 2. The number of halogens is 2. The molecule has 0 amide bonds. The molecule has 0 spiro atoms. The maximum absolute atomic E-state index is 13.1. The number of hydrogen-bond acceptors (Lipinski definition) is 4. The lowest BCUT2D eigenvalue weighted by molar-refractivity contribution is 0.369. The third-order valence-electron chi connectivity index (χ3n) is 2.89. The second-order valence-corrected chi connectivity index (χ2v) is 4.66. The van der Waals surface area contributed by atoms with Gasteiger partial charge in [0.2, 0.25) is 5.89 Å². The second-order valence-electron chi connectivity index (χ2n) is 4.66. The van der Waals surface area contributed by atoms with Crippen molar-refractivity contribution in [1.29, 1.82) is 0 Å². The van der Waals surface area contributed by atoms with Crippen molar-refractivity contribution in [2.75, 3.05) is 6.54 Å². The summed E-state index contributed by atoms with van der Waals surface area (Å²) in [4.78, 5) is 4.21. The molecule has 108 valence electrons. The van der Waals surface area contributed by atoms with Crippen molar-refractivity contribution in [2.24, 2.45) is 5.73 Å². The predicted molar refractivity (Wildman–Crippen MR) is 70.1 cm³/mol. The van der Waals surface area contributed by atoms with Gasteiger partial charge in [0.05, 0.1) is 0 Å². The van der Waals surface area contributed by atoms with Crippen LogP contribution in [0.15, 0.2) is 22.7 Å². The first-order chi connectivity index (χ1) is 9.67. The van der Waals surface area contributed by atoms with Crippen LogP contribution in [0.3, 0.4) is 0 Å². The Morgan fingerprint density at radius 3 is 2.50 bits per heavy atom. The third-order valence-corrected chi connectivity index (χ3v) is 2.89. The van der Waals surface area contributed by atoms with Gasteiger partial charge in [-0.05, 0) is 37.1 Å². The van der Waals surface area contributed by atoms with E-state index in [1.54, 1.807) is 0 Å². The summed E-state index contributed by atoms with van der Waals surface area (Å²) < 4.78 is 31.2. The summed E-state index contributed by atoms with van der Waals surface area (Å²) in [5.74, 6) is -0.228. The molecule has 0 aliphatic carbocycles. The van der Waals surface area contributed by atoms with Crippen LogP contribution in [0, 0.1) is 11.6 Å². The first-order valence-electron chi connectivity index (χ1n) is 6.64. The van der Waals surface area contributed by atoms with Gasteiger partial charge < -0.3 is 10.3 Å². The fourth-order valence-corrected chi connectivity index (χ4v) is 1.96. The van der Waals surface area contributed by atoms with Crippen LogP contribution in [0.1, 0.15) is 36.5 Å². The van der Waals surface area contributed by atoms with Crippen molar-refractivity contribution >= 4 is 0 Å². The Morgan fingerprint density at radius 1 is 1.05 bits per heavy atom. The van der Waals surface area contributed by atoms with Gasteiger partial charge in [0.1, 0.15) is 11.6 Å². The molecule has 1 aromatic heterocycles. The number of rotatable bonds is 7. The fourth-order valence-electron chi connectivity index (χ4n) is 1.96. The quantitative estimate of drug-likeness (QED) is 0.792. The zero-order valence-electron chi connectivity index (χ0n) is 11.1. The van der Waals surface area contributed by atoms with E-state index < -0.39 is 11.6 Å². The summed E-state index contributed by atoms with van der Waals surface area (Å²) in [5, 5.41) is 3.81. The summed E-state index contributed by atoms with van der Waals surface area (Å²) in [6.07, 6.45) is 3.88. The molecular weight excluding hydrogens is 264 g/mol. The van der Waals surface area contributed by atoms with Crippen molar-refractivity contribution in [3.8, 4) is 0 Å². The van der Waals surface area contributed by atoms with E-state index in [0.717, 1.165) is 25.3 Å². The number of aromatic nitrogens is 2. The molecule has 2 rings (SSSR count). The monoisotopic (exact) mass is 281 g/mol. The van der Waals surface area contributed by atoms with E-state index in [9.17, 15) is 8.78 Å². The lowest BCUT2D eigenvalue weighted by atomic mass is 10.1. The Kier molecular flexibility index (Phi) is 5.17. The predicted octanol–water partition coefficient (Wildman–Crippen LogP) is 2.61. The largest absolute Gasteiger partial charge is 0.339 e. The van der Waals surface area contributed by atoms with E-state index in [1.165, 1.54) is 12.1 Å². The van der Waals surface area contributed by atoms with Crippen molar-refractivity contribution in [3.63, 3.8) is 0 Å². The number of benzene rings is 1. The third kappa shape index (κ3) is 4.38. The van der Waals surface area contributed by atoms with E-state index in [4.69, 9.17) is 10.3 Å². The van der Waals surface area contributed by atoms with Gasteiger partial charge in [0.25, 0.3) is 0 Å². The van der Waals surface area contributed by atoms with Crippen LogP contribution in [0.25, 0.3) is 0 Å². The average molecular weight is 281 g/mol. The van der Waals surface area contributed by atoms with E-state index in [2.05, 4.69) is 10.1 Å². The molecular formula is C14H17F2N3O. The smallest absolute Gasteiger partial charge is 0.226 e.